The standard InChI is InChI=1S/C10H16N4O4/c1-7(15)4-13(2)10(18)12-8-3-11-14(5-8)6-9(16)17/h3,5,7,15H,4,6H2,1-2H3,(H,12,18)(H,16,17). The number of urea groups is 1. The first-order valence-electron chi connectivity index (χ1n) is 5.33. The van der Waals surface area contributed by atoms with E-state index in [2.05, 4.69) is 10.4 Å². The summed E-state index contributed by atoms with van der Waals surface area (Å²) in [6.45, 7) is 1.52. The second kappa shape index (κ2) is 6.01. The molecule has 18 heavy (non-hydrogen) atoms. The average Bonchev–Trinajstić information content (AvgIpc) is 2.63. The molecule has 1 atom stereocenters. The molecule has 0 spiro atoms. The highest BCUT2D eigenvalue weighted by molar-refractivity contribution is 5.88. The second-order valence-corrected chi connectivity index (χ2v) is 3.98. The summed E-state index contributed by atoms with van der Waals surface area (Å²) in [5, 5.41) is 24.0. The van der Waals surface area contributed by atoms with Crippen LogP contribution in [0.25, 0.3) is 0 Å². The van der Waals surface area contributed by atoms with E-state index in [1.165, 1.54) is 22.0 Å². The van der Waals surface area contributed by atoms with Crippen LogP contribution in [-0.2, 0) is 11.3 Å². The van der Waals surface area contributed by atoms with Gasteiger partial charge in [-0.25, -0.2) is 4.79 Å². The van der Waals surface area contributed by atoms with Crippen LogP contribution in [0.1, 0.15) is 6.92 Å². The van der Waals surface area contributed by atoms with Crippen LogP contribution >= 0.6 is 0 Å². The number of rotatable bonds is 5. The zero-order valence-corrected chi connectivity index (χ0v) is 10.2. The predicted molar refractivity (Wildman–Crippen MR) is 63.2 cm³/mol. The van der Waals surface area contributed by atoms with E-state index in [1.807, 2.05) is 0 Å². The fraction of sp³-hybridized carbons (Fsp3) is 0.500. The number of aliphatic carboxylic acids is 1. The molecular formula is C10H16N4O4. The SMILES string of the molecule is CC(O)CN(C)C(=O)Nc1cnn(CC(=O)O)c1. The van der Waals surface area contributed by atoms with Gasteiger partial charge >= 0.3 is 12.0 Å². The summed E-state index contributed by atoms with van der Waals surface area (Å²) in [6, 6.07) is -0.397. The van der Waals surface area contributed by atoms with Gasteiger partial charge in [0.2, 0.25) is 0 Å². The maximum absolute atomic E-state index is 11.6. The van der Waals surface area contributed by atoms with Gasteiger partial charge in [0.05, 0.1) is 18.0 Å². The van der Waals surface area contributed by atoms with Gasteiger partial charge in [-0.2, -0.15) is 5.10 Å². The van der Waals surface area contributed by atoms with Crippen LogP contribution in [-0.4, -0.2) is 56.6 Å². The Morgan fingerprint density at radius 3 is 2.83 bits per heavy atom. The summed E-state index contributed by atoms with van der Waals surface area (Å²) in [6.07, 6.45) is 2.16. The van der Waals surface area contributed by atoms with E-state index in [0.29, 0.717) is 5.69 Å². The van der Waals surface area contributed by atoms with E-state index in [9.17, 15) is 9.59 Å². The third-order valence-corrected chi connectivity index (χ3v) is 2.07. The van der Waals surface area contributed by atoms with E-state index < -0.39 is 18.1 Å². The molecule has 0 aliphatic heterocycles. The molecule has 8 heteroatoms. The highest BCUT2D eigenvalue weighted by atomic mass is 16.4. The van der Waals surface area contributed by atoms with Crippen LogP contribution in [0.2, 0.25) is 0 Å². The normalized spacial score (nSPS) is 11.9. The number of carboxylic acids is 1. The molecule has 1 rings (SSSR count). The Morgan fingerprint density at radius 1 is 1.61 bits per heavy atom. The number of aliphatic hydroxyl groups excluding tert-OH is 1. The molecule has 100 valence electrons. The number of carbonyl (C=O) groups excluding carboxylic acids is 1. The maximum Gasteiger partial charge on any atom is 0.325 e. The van der Waals surface area contributed by atoms with Crippen LogP contribution in [0.15, 0.2) is 12.4 Å². The molecular weight excluding hydrogens is 240 g/mol. The molecule has 0 saturated carbocycles. The van der Waals surface area contributed by atoms with Crippen molar-refractivity contribution in [3.63, 3.8) is 0 Å². The Balaban J connectivity index is 2.54. The fourth-order valence-electron chi connectivity index (χ4n) is 1.35. The van der Waals surface area contributed by atoms with E-state index in [4.69, 9.17) is 10.2 Å². The Labute approximate surface area is 104 Å². The van der Waals surface area contributed by atoms with Crippen LogP contribution in [0.5, 0.6) is 0 Å². The number of aromatic nitrogens is 2. The fourth-order valence-corrected chi connectivity index (χ4v) is 1.35. The predicted octanol–water partition coefficient (Wildman–Crippen LogP) is -0.188. The van der Waals surface area contributed by atoms with Crippen molar-refractivity contribution >= 4 is 17.7 Å². The lowest BCUT2D eigenvalue weighted by atomic mass is 10.4. The largest absolute Gasteiger partial charge is 0.480 e. The molecule has 0 fully saturated rings. The third-order valence-electron chi connectivity index (χ3n) is 2.07. The topological polar surface area (TPSA) is 108 Å². The quantitative estimate of drug-likeness (QED) is 0.677. The smallest absolute Gasteiger partial charge is 0.325 e. The van der Waals surface area contributed by atoms with Crippen molar-refractivity contribution in [2.24, 2.45) is 0 Å². The van der Waals surface area contributed by atoms with Crippen LogP contribution < -0.4 is 5.32 Å². The van der Waals surface area contributed by atoms with Gasteiger partial charge in [-0.05, 0) is 6.92 Å². The van der Waals surface area contributed by atoms with Gasteiger partial charge in [-0.1, -0.05) is 0 Å². The Bertz CT molecular complexity index is 429. The van der Waals surface area contributed by atoms with Crippen molar-refractivity contribution in [1.29, 1.82) is 0 Å². The second-order valence-electron chi connectivity index (χ2n) is 3.98. The first kappa shape index (κ1) is 14.0. The van der Waals surface area contributed by atoms with Gasteiger partial charge in [0, 0.05) is 19.8 Å². The molecule has 0 radical (unpaired) electrons. The molecule has 0 aromatic carbocycles. The number of carbonyl (C=O) groups is 2. The summed E-state index contributed by atoms with van der Waals surface area (Å²) < 4.78 is 1.20. The zero-order valence-electron chi connectivity index (χ0n) is 10.2. The Hall–Kier alpha value is -2.09. The van der Waals surface area contributed by atoms with E-state index in [0.717, 1.165) is 0 Å². The van der Waals surface area contributed by atoms with Crippen molar-refractivity contribution in [3.8, 4) is 0 Å². The summed E-state index contributed by atoms with van der Waals surface area (Å²) in [4.78, 5) is 23.4. The van der Waals surface area contributed by atoms with Gasteiger partial charge in [-0.15, -0.1) is 0 Å². The number of hydrogen-bond acceptors (Lipinski definition) is 4. The van der Waals surface area contributed by atoms with Crippen LogP contribution in [0.4, 0.5) is 10.5 Å². The molecule has 2 amide bonds. The molecule has 1 aromatic heterocycles. The number of nitrogens with one attached hydrogen (secondary N) is 1. The molecule has 1 heterocycles. The molecule has 0 bridgehead atoms. The monoisotopic (exact) mass is 256 g/mol. The maximum atomic E-state index is 11.6. The molecule has 3 N–H and O–H groups in total. The van der Waals surface area contributed by atoms with E-state index in [1.54, 1.807) is 14.0 Å². The highest BCUT2D eigenvalue weighted by Gasteiger charge is 2.12. The van der Waals surface area contributed by atoms with Gasteiger partial charge in [-0.3, -0.25) is 9.48 Å². The summed E-state index contributed by atoms with van der Waals surface area (Å²) in [5.74, 6) is -1.01. The summed E-state index contributed by atoms with van der Waals surface area (Å²) in [7, 11) is 1.55. The van der Waals surface area contributed by atoms with Crippen molar-refractivity contribution in [1.82, 2.24) is 14.7 Å². The molecule has 1 unspecified atom stereocenters. The number of nitrogens with zero attached hydrogens (tertiary/aromatic N) is 3. The lowest BCUT2D eigenvalue weighted by molar-refractivity contribution is -0.137. The molecule has 0 aliphatic carbocycles. The summed E-state index contributed by atoms with van der Waals surface area (Å²) in [5.41, 5.74) is 0.402. The third kappa shape index (κ3) is 4.42. The number of hydrogen-bond donors (Lipinski definition) is 3. The van der Waals surface area contributed by atoms with Gasteiger partial charge < -0.3 is 20.4 Å². The van der Waals surface area contributed by atoms with Crippen LogP contribution in [0.3, 0.4) is 0 Å². The number of amides is 2. The summed E-state index contributed by atoms with van der Waals surface area (Å²) >= 11 is 0. The minimum absolute atomic E-state index is 0.203. The first-order valence-corrected chi connectivity index (χ1v) is 5.33. The molecule has 1 aromatic rings. The minimum Gasteiger partial charge on any atom is -0.480 e. The average molecular weight is 256 g/mol. The zero-order chi connectivity index (χ0) is 13.7. The van der Waals surface area contributed by atoms with Crippen molar-refractivity contribution < 1.29 is 19.8 Å². The molecule has 8 nitrogen and oxygen atoms in total. The Morgan fingerprint density at radius 2 is 2.28 bits per heavy atom. The number of aliphatic hydroxyl groups is 1. The number of anilines is 1. The molecule has 0 saturated heterocycles. The van der Waals surface area contributed by atoms with Crippen LogP contribution in [0, 0.1) is 0 Å². The Kier molecular flexibility index (Phi) is 4.67. The molecule has 0 aliphatic rings. The van der Waals surface area contributed by atoms with Crippen molar-refractivity contribution in [2.45, 2.75) is 19.6 Å². The highest BCUT2D eigenvalue weighted by Crippen LogP contribution is 2.06. The lowest BCUT2D eigenvalue weighted by Crippen LogP contribution is -2.36. The first-order chi connectivity index (χ1) is 8.38. The van der Waals surface area contributed by atoms with Crippen molar-refractivity contribution in [3.05, 3.63) is 12.4 Å². The van der Waals surface area contributed by atoms with Gasteiger partial charge in [0.15, 0.2) is 0 Å². The number of likely N-dealkylation sites (N-methyl/N-ethyl adjacent to an activating group) is 1. The van der Waals surface area contributed by atoms with E-state index >= 15 is 0 Å². The number of carboxylic acid groups (broad SMARTS) is 1. The minimum atomic E-state index is -1.01. The van der Waals surface area contributed by atoms with Gasteiger partial charge in [0.25, 0.3) is 0 Å². The van der Waals surface area contributed by atoms with Gasteiger partial charge in [0.1, 0.15) is 6.54 Å². The lowest BCUT2D eigenvalue weighted by Gasteiger charge is -2.18. The van der Waals surface area contributed by atoms with E-state index in [-0.39, 0.29) is 13.1 Å². The van der Waals surface area contributed by atoms with Crippen molar-refractivity contribution in [2.75, 3.05) is 18.9 Å².